The summed E-state index contributed by atoms with van der Waals surface area (Å²) >= 11 is 1.87. The summed E-state index contributed by atoms with van der Waals surface area (Å²) < 4.78 is 12.9. The molecule has 1 saturated heterocycles. The van der Waals surface area contributed by atoms with E-state index < -0.39 is 0 Å². The van der Waals surface area contributed by atoms with Crippen LogP contribution in [0.15, 0.2) is 29.3 Å². The highest BCUT2D eigenvalue weighted by Crippen LogP contribution is 2.36. The van der Waals surface area contributed by atoms with Gasteiger partial charge in [-0.2, -0.15) is 0 Å². The molecular formula is C17H23FN2S. The summed E-state index contributed by atoms with van der Waals surface area (Å²) in [4.78, 5) is 4.82. The van der Waals surface area contributed by atoms with Gasteiger partial charge in [0.05, 0.1) is 6.04 Å². The molecule has 0 amide bonds. The number of rotatable bonds is 3. The van der Waals surface area contributed by atoms with Crippen molar-refractivity contribution in [3.8, 4) is 0 Å². The minimum Gasteiger partial charge on any atom is -0.359 e. The zero-order chi connectivity index (χ0) is 14.7. The van der Waals surface area contributed by atoms with Gasteiger partial charge in [-0.15, -0.1) is 0 Å². The van der Waals surface area contributed by atoms with Gasteiger partial charge in [0.15, 0.2) is 5.17 Å². The predicted octanol–water partition coefficient (Wildman–Crippen LogP) is 4.15. The van der Waals surface area contributed by atoms with E-state index >= 15 is 0 Å². The first-order valence-corrected chi connectivity index (χ1v) is 8.87. The first-order chi connectivity index (χ1) is 10.2. The van der Waals surface area contributed by atoms with Crippen molar-refractivity contribution >= 4 is 16.9 Å². The molecule has 114 valence electrons. The van der Waals surface area contributed by atoms with Crippen molar-refractivity contribution in [2.45, 2.75) is 57.0 Å². The molecule has 1 aromatic carbocycles. The normalized spacial score (nSPS) is 24.2. The third kappa shape index (κ3) is 3.79. The van der Waals surface area contributed by atoms with Crippen molar-refractivity contribution in [2.75, 3.05) is 5.75 Å². The van der Waals surface area contributed by atoms with Crippen molar-refractivity contribution in [3.05, 3.63) is 35.6 Å². The number of amidine groups is 1. The number of hydrogen-bond donors (Lipinski definition) is 1. The van der Waals surface area contributed by atoms with Crippen molar-refractivity contribution in [3.63, 3.8) is 0 Å². The molecule has 21 heavy (non-hydrogen) atoms. The molecule has 1 aliphatic carbocycles. The fourth-order valence-corrected chi connectivity index (χ4v) is 4.60. The van der Waals surface area contributed by atoms with Gasteiger partial charge in [-0.3, -0.25) is 4.99 Å². The average molecular weight is 306 g/mol. The summed E-state index contributed by atoms with van der Waals surface area (Å²) in [6.45, 7) is 2.13. The Morgan fingerprint density at radius 1 is 1.24 bits per heavy atom. The quantitative estimate of drug-likeness (QED) is 0.907. The van der Waals surface area contributed by atoms with Gasteiger partial charge in [-0.25, -0.2) is 4.39 Å². The number of halogens is 1. The highest BCUT2D eigenvalue weighted by atomic mass is 32.2. The molecule has 1 spiro atoms. The van der Waals surface area contributed by atoms with Gasteiger partial charge in [-0.05, 0) is 43.9 Å². The summed E-state index contributed by atoms with van der Waals surface area (Å²) in [5.74, 6) is 0.986. The molecule has 0 aromatic heterocycles. The Hall–Kier alpha value is -1.03. The smallest absolute Gasteiger partial charge is 0.157 e. The Labute approximate surface area is 130 Å². The van der Waals surface area contributed by atoms with Crippen LogP contribution in [0.3, 0.4) is 0 Å². The first kappa shape index (κ1) is 14.9. The van der Waals surface area contributed by atoms with Crippen LogP contribution in [-0.2, 0) is 6.42 Å². The fraction of sp³-hybridized carbons (Fsp3) is 0.588. The lowest BCUT2D eigenvalue weighted by atomic mass is 9.83. The first-order valence-electron chi connectivity index (χ1n) is 7.88. The number of aliphatic imine (C=N–C) groups is 1. The minimum atomic E-state index is -0.176. The van der Waals surface area contributed by atoms with Crippen LogP contribution >= 0.6 is 11.8 Å². The van der Waals surface area contributed by atoms with Gasteiger partial charge in [0.1, 0.15) is 5.82 Å². The van der Waals surface area contributed by atoms with Crippen LogP contribution in [-0.4, -0.2) is 22.5 Å². The second kappa shape index (κ2) is 6.39. The second-order valence-corrected chi connectivity index (χ2v) is 7.33. The number of thioether (sulfide) groups is 1. The average Bonchev–Trinajstić information content (AvgIpc) is 2.84. The van der Waals surface area contributed by atoms with Crippen molar-refractivity contribution in [1.82, 2.24) is 5.32 Å². The van der Waals surface area contributed by atoms with Gasteiger partial charge < -0.3 is 5.32 Å². The summed E-state index contributed by atoms with van der Waals surface area (Å²) in [6, 6.07) is 6.97. The van der Waals surface area contributed by atoms with Crippen molar-refractivity contribution in [2.24, 2.45) is 4.99 Å². The summed E-state index contributed by atoms with van der Waals surface area (Å²) in [5.41, 5.74) is 1.46. The molecule has 1 atom stereocenters. The molecule has 1 aliphatic heterocycles. The van der Waals surface area contributed by atoms with Crippen molar-refractivity contribution in [1.29, 1.82) is 0 Å². The second-order valence-electron chi connectivity index (χ2n) is 6.37. The maximum atomic E-state index is 12.9. The standard InChI is InChI=1S/C17H23FN2S/c1-13(11-14-5-7-15(18)8-6-14)19-16-20-17(12-21-16)9-3-2-4-10-17/h5-8,13H,2-4,9-12H2,1H3,(H,19,20). The zero-order valence-corrected chi connectivity index (χ0v) is 13.4. The van der Waals surface area contributed by atoms with Crippen LogP contribution in [0, 0.1) is 5.82 Å². The Bertz CT molecular complexity index is 506. The molecule has 2 aliphatic rings. The third-order valence-electron chi connectivity index (χ3n) is 4.45. The van der Waals surface area contributed by atoms with E-state index in [-0.39, 0.29) is 11.9 Å². The lowest BCUT2D eigenvalue weighted by molar-refractivity contribution is 0.303. The SMILES string of the molecule is CC(Cc1ccc(F)cc1)N=C1NC2(CCCCC2)CS1. The number of nitrogens with one attached hydrogen (secondary N) is 1. The Balaban J connectivity index is 1.58. The number of benzene rings is 1. The van der Waals surface area contributed by atoms with E-state index in [1.807, 2.05) is 23.9 Å². The van der Waals surface area contributed by atoms with E-state index in [0.717, 1.165) is 22.9 Å². The van der Waals surface area contributed by atoms with Gasteiger partial charge in [0.25, 0.3) is 0 Å². The van der Waals surface area contributed by atoms with Crippen LogP contribution in [0.1, 0.15) is 44.6 Å². The van der Waals surface area contributed by atoms with Crippen LogP contribution in [0.25, 0.3) is 0 Å². The Kier molecular flexibility index (Phi) is 4.53. The Morgan fingerprint density at radius 2 is 1.95 bits per heavy atom. The van der Waals surface area contributed by atoms with Gasteiger partial charge in [0.2, 0.25) is 0 Å². The molecule has 4 heteroatoms. The highest BCUT2D eigenvalue weighted by Gasteiger charge is 2.38. The Morgan fingerprint density at radius 3 is 2.67 bits per heavy atom. The highest BCUT2D eigenvalue weighted by molar-refractivity contribution is 8.14. The van der Waals surface area contributed by atoms with Crippen LogP contribution < -0.4 is 5.32 Å². The molecule has 1 aromatic rings. The third-order valence-corrected chi connectivity index (χ3v) is 5.63. The summed E-state index contributed by atoms with van der Waals surface area (Å²) in [7, 11) is 0. The molecule has 3 rings (SSSR count). The lowest BCUT2D eigenvalue weighted by Gasteiger charge is -2.32. The monoisotopic (exact) mass is 306 g/mol. The minimum absolute atomic E-state index is 0.176. The van der Waals surface area contributed by atoms with Crippen LogP contribution in [0.5, 0.6) is 0 Å². The number of hydrogen-bond acceptors (Lipinski definition) is 2. The molecule has 2 fully saturated rings. The lowest BCUT2D eigenvalue weighted by Crippen LogP contribution is -2.45. The van der Waals surface area contributed by atoms with E-state index in [1.54, 1.807) is 0 Å². The summed E-state index contributed by atoms with van der Waals surface area (Å²) in [6.07, 6.45) is 7.48. The van der Waals surface area contributed by atoms with Gasteiger partial charge in [-0.1, -0.05) is 43.2 Å². The topological polar surface area (TPSA) is 24.4 Å². The maximum Gasteiger partial charge on any atom is 0.157 e. The van der Waals surface area contributed by atoms with Crippen molar-refractivity contribution < 1.29 is 4.39 Å². The van der Waals surface area contributed by atoms with Crippen LogP contribution in [0.2, 0.25) is 0 Å². The molecule has 2 nitrogen and oxygen atoms in total. The fourth-order valence-electron chi connectivity index (χ4n) is 3.28. The van der Waals surface area contributed by atoms with Gasteiger partial charge >= 0.3 is 0 Å². The van der Waals surface area contributed by atoms with E-state index in [9.17, 15) is 4.39 Å². The molecule has 1 N–H and O–H groups in total. The predicted molar refractivity (Wildman–Crippen MR) is 88.4 cm³/mol. The van der Waals surface area contributed by atoms with E-state index in [0.29, 0.717) is 5.54 Å². The van der Waals surface area contributed by atoms with E-state index in [4.69, 9.17) is 4.99 Å². The number of nitrogens with zero attached hydrogens (tertiary/aromatic N) is 1. The van der Waals surface area contributed by atoms with Crippen LogP contribution in [0.4, 0.5) is 4.39 Å². The molecule has 1 heterocycles. The molecular weight excluding hydrogens is 283 g/mol. The summed E-state index contributed by atoms with van der Waals surface area (Å²) in [5, 5.41) is 4.79. The largest absolute Gasteiger partial charge is 0.359 e. The maximum absolute atomic E-state index is 12.9. The molecule has 0 radical (unpaired) electrons. The molecule has 0 bridgehead atoms. The zero-order valence-electron chi connectivity index (χ0n) is 12.6. The van der Waals surface area contributed by atoms with E-state index in [1.165, 1.54) is 44.2 Å². The van der Waals surface area contributed by atoms with Gasteiger partial charge in [0, 0.05) is 11.3 Å². The molecule has 1 unspecified atom stereocenters. The van der Waals surface area contributed by atoms with E-state index in [2.05, 4.69) is 12.2 Å². The molecule has 1 saturated carbocycles.